The molecule has 0 unspecified atom stereocenters. The van der Waals surface area contributed by atoms with Crippen LogP contribution in [0.25, 0.3) is 5.57 Å². The van der Waals surface area contributed by atoms with Crippen molar-refractivity contribution in [1.82, 2.24) is 0 Å². The summed E-state index contributed by atoms with van der Waals surface area (Å²) in [5, 5.41) is 14.9. The maximum absolute atomic E-state index is 10.3. The summed E-state index contributed by atoms with van der Waals surface area (Å²) in [4.78, 5) is 0. The fourth-order valence-corrected chi connectivity index (χ4v) is 8.29. The lowest BCUT2D eigenvalue weighted by atomic mass is 9.45. The van der Waals surface area contributed by atoms with Crippen LogP contribution in [0.4, 0.5) is 0 Å². The Bertz CT molecular complexity index is 774. The second-order valence-electron chi connectivity index (χ2n) is 10.2. The molecule has 0 bridgehead atoms. The van der Waals surface area contributed by atoms with Gasteiger partial charge in [0.2, 0.25) is 0 Å². The number of rotatable bonds is 2. The van der Waals surface area contributed by atoms with E-state index in [4.69, 9.17) is 0 Å². The van der Waals surface area contributed by atoms with Gasteiger partial charge in [-0.1, -0.05) is 38.5 Å². The molecule has 5 rings (SSSR count). The van der Waals surface area contributed by atoms with Crippen LogP contribution in [0, 0.1) is 34.5 Å². The van der Waals surface area contributed by atoms with Crippen LogP contribution < -0.4 is 0 Å². The molecule has 1 aromatic heterocycles. The number of aliphatic hydroxyl groups excluding tert-OH is 1. The minimum atomic E-state index is -0.106. The summed E-state index contributed by atoms with van der Waals surface area (Å²) in [6, 6.07) is 2.33. The zero-order valence-corrected chi connectivity index (χ0v) is 17.9. The van der Waals surface area contributed by atoms with Gasteiger partial charge in [0.25, 0.3) is 0 Å². The number of aliphatic hydroxyl groups is 1. The normalized spacial score (nSPS) is 46.1. The predicted octanol–water partition coefficient (Wildman–Crippen LogP) is 6.70. The predicted molar refractivity (Wildman–Crippen MR) is 115 cm³/mol. The fourth-order valence-electron chi connectivity index (χ4n) is 7.63. The fraction of sp³-hybridized carbons (Fsp3) is 0.680. The van der Waals surface area contributed by atoms with Crippen LogP contribution in [0.15, 0.2) is 34.6 Å². The van der Waals surface area contributed by atoms with E-state index in [1.807, 2.05) is 11.3 Å². The van der Waals surface area contributed by atoms with Crippen LogP contribution in [0.2, 0.25) is 0 Å². The van der Waals surface area contributed by atoms with Gasteiger partial charge in [-0.15, -0.1) is 0 Å². The van der Waals surface area contributed by atoms with E-state index in [9.17, 15) is 5.11 Å². The van der Waals surface area contributed by atoms with Crippen molar-refractivity contribution in [2.45, 2.75) is 71.8 Å². The van der Waals surface area contributed by atoms with Crippen LogP contribution in [0.1, 0.15) is 71.3 Å². The molecule has 2 heteroatoms. The molecule has 1 heterocycles. The first kappa shape index (κ1) is 18.2. The molecule has 1 N–H and O–H groups in total. The van der Waals surface area contributed by atoms with Crippen molar-refractivity contribution in [1.29, 1.82) is 0 Å². The Hall–Kier alpha value is -0.860. The highest BCUT2D eigenvalue weighted by molar-refractivity contribution is 7.08. The Morgan fingerprint density at radius 2 is 1.96 bits per heavy atom. The Morgan fingerprint density at radius 1 is 1.15 bits per heavy atom. The number of allylic oxidation sites excluding steroid dienone is 3. The van der Waals surface area contributed by atoms with E-state index in [1.54, 1.807) is 11.1 Å². The molecule has 0 amide bonds. The zero-order valence-electron chi connectivity index (χ0n) is 17.1. The van der Waals surface area contributed by atoms with E-state index in [0.717, 1.165) is 30.6 Å². The molecule has 0 saturated heterocycles. The van der Waals surface area contributed by atoms with Crippen molar-refractivity contribution in [2.75, 3.05) is 0 Å². The smallest absolute Gasteiger partial charge is 0.0577 e. The van der Waals surface area contributed by atoms with E-state index >= 15 is 0 Å². The van der Waals surface area contributed by atoms with Gasteiger partial charge in [-0.3, -0.25) is 0 Å². The monoisotopic (exact) mass is 382 g/mol. The standard InChI is InChI=1S/C25H34OS/c1-4-16-13-18-14-19(26)7-10-24(18,2)22-8-11-25(3)20(17-9-12-27-15-17)5-6-21(25)23(16)22/h5,9,12-13,15-16,19,21-23,26H,4,6-8,10-11,14H2,1-3H3/t16-,19-,21-,22-,23-,24-,25+/m0/s1. The van der Waals surface area contributed by atoms with Gasteiger partial charge in [0.05, 0.1) is 6.10 Å². The molecule has 2 fully saturated rings. The minimum absolute atomic E-state index is 0.106. The molecular formula is C25H34OS. The van der Waals surface area contributed by atoms with Crippen molar-refractivity contribution in [3.05, 3.63) is 40.1 Å². The van der Waals surface area contributed by atoms with Gasteiger partial charge in [0.15, 0.2) is 0 Å². The topological polar surface area (TPSA) is 20.2 Å². The van der Waals surface area contributed by atoms with Crippen molar-refractivity contribution >= 4 is 16.9 Å². The summed E-state index contributed by atoms with van der Waals surface area (Å²) in [5.74, 6) is 3.11. The Labute approximate surface area is 168 Å². The lowest BCUT2D eigenvalue weighted by Crippen LogP contribution is -2.52. The second kappa shape index (κ2) is 6.32. The average Bonchev–Trinajstić information content (AvgIpc) is 3.28. The van der Waals surface area contributed by atoms with Crippen LogP contribution in [-0.2, 0) is 0 Å². The molecule has 1 nitrogen and oxygen atoms in total. The molecule has 2 saturated carbocycles. The lowest BCUT2D eigenvalue weighted by molar-refractivity contribution is -0.0464. The molecule has 1 aromatic rings. The molecule has 0 radical (unpaired) electrons. The number of hydrogen-bond acceptors (Lipinski definition) is 2. The van der Waals surface area contributed by atoms with E-state index in [0.29, 0.717) is 16.7 Å². The largest absolute Gasteiger partial charge is 0.393 e. The molecule has 146 valence electrons. The third-order valence-electron chi connectivity index (χ3n) is 9.13. The van der Waals surface area contributed by atoms with Crippen LogP contribution in [0.5, 0.6) is 0 Å². The van der Waals surface area contributed by atoms with Crippen molar-refractivity contribution < 1.29 is 5.11 Å². The van der Waals surface area contributed by atoms with Gasteiger partial charge in [-0.05, 0) is 107 Å². The zero-order chi connectivity index (χ0) is 18.8. The van der Waals surface area contributed by atoms with Crippen LogP contribution >= 0.6 is 11.3 Å². The summed E-state index contributed by atoms with van der Waals surface area (Å²) < 4.78 is 0. The molecule has 4 aliphatic rings. The summed E-state index contributed by atoms with van der Waals surface area (Å²) in [5.41, 5.74) is 5.41. The highest BCUT2D eigenvalue weighted by Crippen LogP contribution is 2.67. The van der Waals surface area contributed by atoms with Gasteiger partial charge in [0.1, 0.15) is 0 Å². The first-order valence-corrected chi connectivity index (χ1v) is 12.0. The quantitative estimate of drug-likeness (QED) is 0.564. The molecule has 0 aromatic carbocycles. The first-order chi connectivity index (χ1) is 13.0. The summed E-state index contributed by atoms with van der Waals surface area (Å²) >= 11 is 1.83. The van der Waals surface area contributed by atoms with Crippen molar-refractivity contribution in [3.8, 4) is 0 Å². The van der Waals surface area contributed by atoms with Crippen LogP contribution in [-0.4, -0.2) is 11.2 Å². The number of hydrogen-bond donors (Lipinski definition) is 1. The molecular weight excluding hydrogens is 348 g/mol. The molecule has 0 spiro atoms. The van der Waals surface area contributed by atoms with Gasteiger partial charge in [-0.2, -0.15) is 11.3 Å². The van der Waals surface area contributed by atoms with Gasteiger partial charge < -0.3 is 5.11 Å². The maximum atomic E-state index is 10.3. The second-order valence-corrected chi connectivity index (χ2v) is 11.0. The Morgan fingerprint density at radius 3 is 2.70 bits per heavy atom. The first-order valence-electron chi connectivity index (χ1n) is 11.1. The molecule has 0 aliphatic heterocycles. The third-order valence-corrected chi connectivity index (χ3v) is 9.81. The maximum Gasteiger partial charge on any atom is 0.0577 e. The third kappa shape index (κ3) is 2.52. The minimum Gasteiger partial charge on any atom is -0.393 e. The van der Waals surface area contributed by atoms with Gasteiger partial charge in [-0.25, -0.2) is 0 Å². The molecule has 27 heavy (non-hydrogen) atoms. The highest BCUT2D eigenvalue weighted by Gasteiger charge is 2.58. The van der Waals surface area contributed by atoms with E-state index in [-0.39, 0.29) is 6.10 Å². The number of thiophene rings is 1. The summed E-state index contributed by atoms with van der Waals surface area (Å²) in [6.45, 7) is 7.50. The van der Waals surface area contributed by atoms with Crippen molar-refractivity contribution in [3.63, 3.8) is 0 Å². The summed E-state index contributed by atoms with van der Waals surface area (Å²) in [7, 11) is 0. The molecule has 4 aliphatic carbocycles. The summed E-state index contributed by atoms with van der Waals surface area (Å²) in [6.07, 6.45) is 13.4. The van der Waals surface area contributed by atoms with E-state index in [1.165, 1.54) is 37.7 Å². The van der Waals surface area contributed by atoms with E-state index < -0.39 is 0 Å². The lowest BCUT2D eigenvalue weighted by Gasteiger charge is -2.60. The molecule has 7 atom stereocenters. The van der Waals surface area contributed by atoms with Gasteiger partial charge >= 0.3 is 0 Å². The number of fused-ring (bicyclic) bond motifs is 5. The Balaban J connectivity index is 1.54. The highest BCUT2D eigenvalue weighted by atomic mass is 32.1. The Kier molecular flexibility index (Phi) is 4.26. The van der Waals surface area contributed by atoms with Crippen molar-refractivity contribution in [2.24, 2.45) is 34.5 Å². The average molecular weight is 383 g/mol. The van der Waals surface area contributed by atoms with Crippen LogP contribution in [0.3, 0.4) is 0 Å². The van der Waals surface area contributed by atoms with Gasteiger partial charge in [0, 0.05) is 0 Å². The SMILES string of the molecule is CC[C@H]1C=C2C[C@@H](O)CC[C@]2(C)[C@H]2CC[C@]3(C)C(c4ccsc4)=CC[C@H]3[C@H]12. The van der Waals surface area contributed by atoms with E-state index in [2.05, 4.69) is 49.7 Å².